The molecule has 0 fully saturated rings. The molecule has 0 radical (unpaired) electrons. The minimum absolute atomic E-state index is 0.0392. The van der Waals surface area contributed by atoms with Crippen molar-refractivity contribution in [3.63, 3.8) is 0 Å². The highest BCUT2D eigenvalue weighted by Gasteiger charge is 2.30. The zero-order valence-electron chi connectivity index (χ0n) is 51.5. The molecule has 2 N–H and O–H groups in total. The van der Waals surface area contributed by atoms with Crippen molar-refractivity contribution in [3.8, 4) is 0 Å². The lowest BCUT2D eigenvalue weighted by molar-refractivity contribution is -0.870. The quantitative estimate of drug-likeness (QED) is 0.0205. The van der Waals surface area contributed by atoms with Gasteiger partial charge in [0.1, 0.15) is 19.3 Å². The Morgan fingerprint density at radius 3 is 1.21 bits per heavy atom. The normalized spacial score (nSPS) is 14.0. The van der Waals surface area contributed by atoms with Gasteiger partial charge in [0.15, 0.2) is 0 Å². The van der Waals surface area contributed by atoms with Crippen LogP contribution >= 0.6 is 7.82 Å². The summed E-state index contributed by atoms with van der Waals surface area (Å²) in [5.74, 6) is -0.502. The lowest BCUT2D eigenvalue weighted by atomic mass is 10.0. The Balaban J connectivity index is 5.14. The van der Waals surface area contributed by atoms with E-state index in [1.165, 1.54) is 180 Å². The van der Waals surface area contributed by atoms with Crippen molar-refractivity contribution in [2.45, 2.75) is 315 Å². The summed E-state index contributed by atoms with van der Waals surface area (Å²) in [5.41, 5.74) is 0. The van der Waals surface area contributed by atoms with Crippen LogP contribution in [-0.4, -0.2) is 74.3 Å². The Labute approximate surface area is 477 Å². The van der Waals surface area contributed by atoms with Crippen molar-refractivity contribution in [2.75, 3.05) is 40.9 Å². The van der Waals surface area contributed by atoms with Crippen molar-refractivity contribution in [1.82, 2.24) is 5.32 Å². The molecule has 3 atom stereocenters. The monoisotopic (exact) mass is 1100 g/mol. The lowest BCUT2D eigenvalue weighted by Crippen LogP contribution is -2.47. The van der Waals surface area contributed by atoms with E-state index >= 15 is 0 Å². The number of quaternary nitrogens is 1. The van der Waals surface area contributed by atoms with Gasteiger partial charge in [0.25, 0.3) is 0 Å². The third kappa shape index (κ3) is 58.2. The first kappa shape index (κ1) is 74.7. The molecule has 77 heavy (non-hydrogen) atoms. The number of esters is 1. The number of allylic oxidation sites excluding steroid dienone is 9. The van der Waals surface area contributed by atoms with Gasteiger partial charge >= 0.3 is 13.8 Å². The molecule has 0 spiro atoms. The number of likely N-dealkylation sites (N-methyl/N-ethyl adjacent to an activating group) is 1. The first-order chi connectivity index (χ1) is 37.4. The molecular formula is C67H126N2O7P+. The predicted octanol–water partition coefficient (Wildman–Crippen LogP) is 20.2. The maximum Gasteiger partial charge on any atom is 0.472 e. The molecule has 1 amide bonds. The van der Waals surface area contributed by atoms with E-state index in [0.717, 1.165) is 89.9 Å². The molecule has 0 aromatic rings. The predicted molar refractivity (Wildman–Crippen MR) is 332 cm³/mol. The van der Waals surface area contributed by atoms with Crippen LogP contribution in [0.1, 0.15) is 303 Å². The second kappa shape index (κ2) is 57.0. The van der Waals surface area contributed by atoms with Gasteiger partial charge in [-0.3, -0.25) is 18.6 Å². The summed E-state index contributed by atoms with van der Waals surface area (Å²) in [6.45, 7) is 7.00. The van der Waals surface area contributed by atoms with Crippen LogP contribution in [0.4, 0.5) is 0 Å². The number of phosphoric ester groups is 1. The van der Waals surface area contributed by atoms with Crippen LogP contribution < -0.4 is 5.32 Å². The number of rotatable bonds is 59. The number of hydrogen-bond donors (Lipinski definition) is 2. The van der Waals surface area contributed by atoms with Crippen molar-refractivity contribution >= 4 is 19.7 Å². The molecule has 0 saturated carbocycles. The summed E-state index contributed by atoms with van der Waals surface area (Å²) in [6, 6.07) is -0.850. The van der Waals surface area contributed by atoms with Crippen molar-refractivity contribution < 1.29 is 37.3 Å². The first-order valence-electron chi connectivity index (χ1n) is 32.6. The summed E-state index contributed by atoms with van der Waals surface area (Å²) in [4.78, 5) is 37.7. The highest BCUT2D eigenvalue weighted by Crippen LogP contribution is 2.43. The number of carbonyl (C=O) groups is 2. The van der Waals surface area contributed by atoms with Crippen molar-refractivity contribution in [2.24, 2.45) is 0 Å². The Hall–Kier alpha value is -2.29. The largest absolute Gasteiger partial charge is 0.472 e. The molecule has 0 heterocycles. The molecule has 0 aliphatic rings. The highest BCUT2D eigenvalue weighted by molar-refractivity contribution is 7.47. The van der Waals surface area contributed by atoms with Gasteiger partial charge in [-0.1, -0.05) is 275 Å². The lowest BCUT2D eigenvalue weighted by Gasteiger charge is -2.27. The molecule has 450 valence electrons. The summed E-state index contributed by atoms with van der Waals surface area (Å²) in [7, 11) is 1.50. The molecule has 10 heteroatoms. The maximum atomic E-state index is 13.6. The highest BCUT2D eigenvalue weighted by atomic mass is 31.2. The van der Waals surface area contributed by atoms with E-state index in [9.17, 15) is 19.0 Å². The van der Waals surface area contributed by atoms with Gasteiger partial charge in [0, 0.05) is 12.8 Å². The number of phosphoric acid groups is 1. The molecule has 0 aliphatic carbocycles. The van der Waals surface area contributed by atoms with Crippen molar-refractivity contribution in [1.29, 1.82) is 0 Å². The minimum Gasteiger partial charge on any atom is -0.456 e. The van der Waals surface area contributed by atoms with E-state index in [-0.39, 0.29) is 25.1 Å². The standard InChI is InChI=1S/C67H125N2O7P/c1-7-10-13-16-19-22-25-28-29-30-31-32-33-34-35-36-37-38-39-42-44-47-50-53-56-59-66(70)68-64(63-75-77(72,73)74-62-61-69(4,5)6)65(58-55-52-49-46-43-40-26-23-20-17-14-11-8-2)76-67(71)60-57-54-51-48-45-41-27-24-21-18-15-12-9-3/h19,22,28-29,31-32,34-35,55,58,64-65H,7-18,20-21,23-27,30,33,36-54,56-57,59-63H2,1-6H3,(H-,68,70,72,73)/p+1/b22-19-,29-28-,32-31-,35-34-,58-55-. The van der Waals surface area contributed by atoms with Gasteiger partial charge in [-0.05, 0) is 76.7 Å². The van der Waals surface area contributed by atoms with E-state index in [1.54, 1.807) is 0 Å². The third-order valence-corrected chi connectivity index (χ3v) is 15.4. The number of ether oxygens (including phenoxy) is 1. The van der Waals surface area contributed by atoms with Crippen molar-refractivity contribution in [3.05, 3.63) is 60.8 Å². The van der Waals surface area contributed by atoms with Gasteiger partial charge < -0.3 is 19.4 Å². The van der Waals surface area contributed by atoms with Crippen LogP contribution in [-0.2, 0) is 27.9 Å². The molecule has 0 aromatic carbocycles. The second-order valence-electron chi connectivity index (χ2n) is 23.3. The van der Waals surface area contributed by atoms with Crippen LogP contribution in [0.15, 0.2) is 60.8 Å². The van der Waals surface area contributed by atoms with E-state index < -0.39 is 20.0 Å². The average molecular weight is 1100 g/mol. The summed E-state index contributed by atoms with van der Waals surface area (Å²) >= 11 is 0. The van der Waals surface area contributed by atoms with E-state index in [2.05, 4.69) is 74.7 Å². The zero-order chi connectivity index (χ0) is 56.4. The summed E-state index contributed by atoms with van der Waals surface area (Å²) in [6.07, 6.45) is 72.1. The van der Waals surface area contributed by atoms with Gasteiger partial charge in [-0.25, -0.2) is 4.57 Å². The first-order valence-corrected chi connectivity index (χ1v) is 34.1. The molecule has 3 unspecified atom stereocenters. The van der Waals surface area contributed by atoms with Crippen LogP contribution in [0.25, 0.3) is 0 Å². The van der Waals surface area contributed by atoms with Crippen LogP contribution in [0, 0.1) is 0 Å². The van der Waals surface area contributed by atoms with E-state index in [1.807, 2.05) is 33.3 Å². The van der Waals surface area contributed by atoms with Gasteiger partial charge in [0.2, 0.25) is 5.91 Å². The minimum atomic E-state index is -4.45. The molecule has 0 bridgehead atoms. The van der Waals surface area contributed by atoms with Crippen LogP contribution in [0.3, 0.4) is 0 Å². The summed E-state index contributed by atoms with van der Waals surface area (Å²) < 4.78 is 30.7. The Bertz CT molecular complexity index is 1500. The average Bonchev–Trinajstić information content (AvgIpc) is 3.39. The topological polar surface area (TPSA) is 111 Å². The van der Waals surface area contributed by atoms with Gasteiger partial charge in [-0.2, -0.15) is 0 Å². The second-order valence-corrected chi connectivity index (χ2v) is 24.7. The van der Waals surface area contributed by atoms with Gasteiger partial charge in [0.05, 0.1) is 33.8 Å². The number of unbranched alkanes of at least 4 members (excludes halogenated alkanes) is 35. The van der Waals surface area contributed by atoms with Crippen LogP contribution in [0.5, 0.6) is 0 Å². The van der Waals surface area contributed by atoms with Gasteiger partial charge in [-0.15, -0.1) is 0 Å². The van der Waals surface area contributed by atoms with Crippen LogP contribution in [0.2, 0.25) is 0 Å². The number of amides is 1. The third-order valence-electron chi connectivity index (χ3n) is 14.5. The molecule has 0 aliphatic heterocycles. The fourth-order valence-corrected chi connectivity index (χ4v) is 10.1. The molecule has 9 nitrogen and oxygen atoms in total. The Morgan fingerprint density at radius 1 is 0.455 bits per heavy atom. The fraction of sp³-hybridized carbons (Fsp3) is 0.821. The SMILES string of the molecule is CCCCC/C=C\C/C=C\C/C=C\C/C=C\CCCCCCCCCCCC(=O)NC(COP(=O)(O)OCC[N+](C)(C)C)C(/C=C\CCCCCCCCCCCCC)OC(=O)CCCCCCCCCCCCCCC. The molecule has 0 rings (SSSR count). The summed E-state index contributed by atoms with van der Waals surface area (Å²) in [5, 5.41) is 3.06. The molecule has 0 aromatic heterocycles. The molecule has 0 saturated heterocycles. The number of nitrogens with one attached hydrogen (secondary N) is 1. The smallest absolute Gasteiger partial charge is 0.456 e. The number of hydrogen-bond acceptors (Lipinski definition) is 6. The zero-order valence-corrected chi connectivity index (χ0v) is 52.3. The Morgan fingerprint density at radius 2 is 0.792 bits per heavy atom. The maximum absolute atomic E-state index is 13.6. The molecular weight excluding hydrogens is 976 g/mol. The van der Waals surface area contributed by atoms with E-state index in [0.29, 0.717) is 23.9 Å². The number of carbonyl (C=O) groups excluding carboxylic acids is 2. The van der Waals surface area contributed by atoms with E-state index in [4.69, 9.17) is 13.8 Å². The fourth-order valence-electron chi connectivity index (χ4n) is 9.40. The Kier molecular flexibility index (Phi) is 55.3. The number of nitrogens with zero attached hydrogens (tertiary/aromatic N) is 1.